The van der Waals surface area contributed by atoms with E-state index in [9.17, 15) is 20.0 Å². The highest BCUT2D eigenvalue weighted by atomic mass is 32.1. The van der Waals surface area contributed by atoms with E-state index in [2.05, 4.69) is 15.2 Å². The second kappa shape index (κ2) is 7.92. The monoisotopic (exact) mass is 398 g/mol. The highest BCUT2D eigenvalue weighted by molar-refractivity contribution is 7.17. The molecule has 0 spiro atoms. The van der Waals surface area contributed by atoms with Crippen molar-refractivity contribution in [2.45, 2.75) is 13.8 Å². The van der Waals surface area contributed by atoms with Crippen LogP contribution in [0.4, 0.5) is 16.4 Å². The Balaban J connectivity index is 1.69. The number of aromatic hydroxyl groups is 1. The molecule has 0 bridgehead atoms. The van der Waals surface area contributed by atoms with E-state index in [1.165, 1.54) is 30.5 Å². The summed E-state index contributed by atoms with van der Waals surface area (Å²) in [6.45, 7) is 3.53. The van der Waals surface area contributed by atoms with Gasteiger partial charge in [-0.3, -0.25) is 10.1 Å². The molecule has 0 atom stereocenters. The number of hydrogen-bond donors (Lipinski definition) is 1. The number of thiazole rings is 1. The Morgan fingerprint density at radius 3 is 2.43 bits per heavy atom. The predicted molar refractivity (Wildman–Crippen MR) is 102 cm³/mol. The SMILES string of the molecule is Cc1cc(N=Nc2cnc(C(=O)Oc3ccc([N+](=O)[O-])cc3)s2)cc(C)c1O. The topological polar surface area (TPSA) is 127 Å². The molecule has 9 nitrogen and oxygen atoms in total. The van der Waals surface area contributed by atoms with Crippen molar-refractivity contribution in [3.63, 3.8) is 0 Å². The molecule has 0 aliphatic rings. The summed E-state index contributed by atoms with van der Waals surface area (Å²) in [5, 5.41) is 29.0. The maximum absolute atomic E-state index is 12.1. The van der Waals surface area contributed by atoms with Gasteiger partial charge in [0.15, 0.2) is 5.00 Å². The molecule has 2 aromatic carbocycles. The molecule has 1 heterocycles. The summed E-state index contributed by atoms with van der Waals surface area (Å²) in [5.41, 5.74) is 1.84. The third-order valence-electron chi connectivity index (χ3n) is 3.67. The fraction of sp³-hybridized carbons (Fsp3) is 0.111. The molecule has 1 aromatic heterocycles. The van der Waals surface area contributed by atoms with Gasteiger partial charge in [-0.2, -0.15) is 0 Å². The second-order valence-corrected chi connectivity index (χ2v) is 6.78. The number of non-ortho nitro benzene ring substituents is 1. The molecule has 28 heavy (non-hydrogen) atoms. The molecule has 1 N–H and O–H groups in total. The first-order chi connectivity index (χ1) is 13.3. The molecule has 3 rings (SSSR count). The van der Waals surface area contributed by atoms with Crippen LogP contribution in [0.2, 0.25) is 0 Å². The molecule has 0 fully saturated rings. The fourth-order valence-electron chi connectivity index (χ4n) is 2.29. The number of rotatable bonds is 5. The van der Waals surface area contributed by atoms with Gasteiger partial charge >= 0.3 is 5.97 Å². The second-order valence-electron chi connectivity index (χ2n) is 5.77. The third-order valence-corrected chi connectivity index (χ3v) is 4.53. The zero-order valence-electron chi connectivity index (χ0n) is 14.8. The number of carbonyl (C=O) groups excluding carboxylic acids is 1. The Hall–Kier alpha value is -3.66. The number of nitro groups is 1. The van der Waals surface area contributed by atoms with Crippen molar-refractivity contribution in [2.75, 3.05) is 0 Å². The summed E-state index contributed by atoms with van der Waals surface area (Å²) in [6, 6.07) is 8.53. The molecule has 0 aliphatic carbocycles. The van der Waals surface area contributed by atoms with Gasteiger partial charge in [-0.15, -0.1) is 10.2 Å². The molecule has 0 saturated carbocycles. The van der Waals surface area contributed by atoms with Crippen molar-refractivity contribution in [1.82, 2.24) is 4.98 Å². The highest BCUT2D eigenvalue weighted by Crippen LogP contribution is 2.30. The Labute approximate surface area is 163 Å². The minimum absolute atomic E-state index is 0.0744. The van der Waals surface area contributed by atoms with Gasteiger partial charge in [0.05, 0.1) is 16.8 Å². The minimum Gasteiger partial charge on any atom is -0.507 e. The summed E-state index contributed by atoms with van der Waals surface area (Å²) < 4.78 is 5.14. The average Bonchev–Trinajstić information content (AvgIpc) is 3.14. The Morgan fingerprint density at radius 2 is 1.82 bits per heavy atom. The van der Waals surface area contributed by atoms with Crippen LogP contribution >= 0.6 is 11.3 Å². The Morgan fingerprint density at radius 1 is 1.18 bits per heavy atom. The lowest BCUT2D eigenvalue weighted by atomic mass is 10.1. The van der Waals surface area contributed by atoms with E-state index >= 15 is 0 Å². The summed E-state index contributed by atoms with van der Waals surface area (Å²) in [7, 11) is 0. The zero-order valence-corrected chi connectivity index (χ0v) is 15.6. The van der Waals surface area contributed by atoms with Crippen LogP contribution in [0.5, 0.6) is 11.5 Å². The Kier molecular flexibility index (Phi) is 5.41. The van der Waals surface area contributed by atoms with Crippen molar-refractivity contribution >= 4 is 33.7 Å². The largest absolute Gasteiger partial charge is 0.507 e. The van der Waals surface area contributed by atoms with Crippen molar-refractivity contribution in [3.8, 4) is 11.5 Å². The quantitative estimate of drug-likeness (QED) is 0.212. The minimum atomic E-state index is -0.698. The number of nitrogens with zero attached hydrogens (tertiary/aromatic N) is 4. The number of hydrogen-bond acceptors (Lipinski definition) is 9. The van der Waals surface area contributed by atoms with E-state index in [0.717, 1.165) is 11.3 Å². The van der Waals surface area contributed by atoms with Gasteiger partial charge in [0, 0.05) is 12.1 Å². The number of phenolic OH excluding ortho intramolecular Hbond substituents is 1. The smallest absolute Gasteiger partial charge is 0.372 e. The van der Waals surface area contributed by atoms with Crippen LogP contribution < -0.4 is 4.74 Å². The van der Waals surface area contributed by atoms with E-state index in [0.29, 0.717) is 21.8 Å². The lowest BCUT2D eigenvalue weighted by molar-refractivity contribution is -0.384. The number of esters is 1. The van der Waals surface area contributed by atoms with E-state index in [1.807, 2.05) is 0 Å². The van der Waals surface area contributed by atoms with Gasteiger partial charge < -0.3 is 9.84 Å². The van der Waals surface area contributed by atoms with Crippen LogP contribution in [0.25, 0.3) is 0 Å². The summed E-state index contributed by atoms with van der Waals surface area (Å²) >= 11 is 0.995. The first-order valence-corrected chi connectivity index (χ1v) is 8.79. The molecule has 10 heteroatoms. The number of azo groups is 1. The van der Waals surface area contributed by atoms with E-state index < -0.39 is 10.9 Å². The summed E-state index contributed by atoms with van der Waals surface area (Å²) in [6.07, 6.45) is 1.39. The van der Waals surface area contributed by atoms with E-state index in [1.54, 1.807) is 26.0 Å². The van der Waals surface area contributed by atoms with Crippen LogP contribution in [0.3, 0.4) is 0 Å². The van der Waals surface area contributed by atoms with Crippen molar-refractivity contribution in [3.05, 3.63) is 68.8 Å². The molecule has 0 unspecified atom stereocenters. The lowest BCUT2D eigenvalue weighted by Crippen LogP contribution is -2.07. The average molecular weight is 398 g/mol. The normalized spacial score (nSPS) is 10.9. The molecular weight excluding hydrogens is 384 g/mol. The third kappa shape index (κ3) is 4.35. The van der Waals surface area contributed by atoms with E-state index in [-0.39, 0.29) is 22.2 Å². The summed E-state index contributed by atoms with van der Waals surface area (Å²) in [5.74, 6) is -0.311. The predicted octanol–water partition coefficient (Wildman–Crippen LogP) is 5.01. The van der Waals surface area contributed by atoms with Crippen LogP contribution in [0.15, 0.2) is 52.8 Å². The van der Waals surface area contributed by atoms with Crippen molar-refractivity contribution < 1.29 is 19.6 Å². The molecular formula is C18H14N4O5S. The Bertz CT molecular complexity index is 1050. The molecule has 0 amide bonds. The molecule has 0 saturated heterocycles. The molecule has 0 radical (unpaired) electrons. The van der Waals surface area contributed by atoms with Crippen LogP contribution in [-0.2, 0) is 0 Å². The molecule has 142 valence electrons. The van der Waals surface area contributed by atoms with Gasteiger partial charge in [-0.05, 0) is 49.2 Å². The van der Waals surface area contributed by atoms with Crippen LogP contribution in [0.1, 0.15) is 20.9 Å². The first-order valence-electron chi connectivity index (χ1n) is 7.98. The number of phenols is 1. The van der Waals surface area contributed by atoms with Gasteiger partial charge in [-0.25, -0.2) is 9.78 Å². The van der Waals surface area contributed by atoms with Gasteiger partial charge in [0.2, 0.25) is 5.01 Å². The molecule has 3 aromatic rings. The van der Waals surface area contributed by atoms with Crippen molar-refractivity contribution in [2.24, 2.45) is 10.2 Å². The number of aromatic nitrogens is 1. The first kappa shape index (κ1) is 19.1. The lowest BCUT2D eigenvalue weighted by Gasteiger charge is -2.03. The highest BCUT2D eigenvalue weighted by Gasteiger charge is 2.15. The van der Waals surface area contributed by atoms with Gasteiger partial charge in [0.1, 0.15) is 11.5 Å². The maximum Gasteiger partial charge on any atom is 0.372 e. The number of ether oxygens (including phenoxy) is 1. The van der Waals surface area contributed by atoms with E-state index in [4.69, 9.17) is 4.74 Å². The zero-order chi connectivity index (χ0) is 20.3. The standard InChI is InChI=1S/C18H14N4O5S/c1-10-7-12(8-11(2)16(10)23)20-21-15-9-19-17(28-15)18(24)27-14-5-3-13(4-6-14)22(25)26/h3-9,23H,1-2H3. The summed E-state index contributed by atoms with van der Waals surface area (Å²) in [4.78, 5) is 26.2. The van der Waals surface area contributed by atoms with Gasteiger partial charge in [-0.1, -0.05) is 11.3 Å². The van der Waals surface area contributed by atoms with Crippen LogP contribution in [-0.4, -0.2) is 21.0 Å². The van der Waals surface area contributed by atoms with Gasteiger partial charge in [0.25, 0.3) is 5.69 Å². The maximum atomic E-state index is 12.1. The van der Waals surface area contributed by atoms with Crippen LogP contribution in [0, 0.1) is 24.0 Å². The number of nitro benzene ring substituents is 1. The number of benzene rings is 2. The number of aryl methyl sites for hydroxylation is 2. The molecule has 0 aliphatic heterocycles. The fourth-order valence-corrected chi connectivity index (χ4v) is 2.91. The van der Waals surface area contributed by atoms with Crippen molar-refractivity contribution in [1.29, 1.82) is 0 Å². The number of carbonyl (C=O) groups is 1.